The Hall–Kier alpha value is -3.55. The summed E-state index contributed by atoms with van der Waals surface area (Å²) in [4.78, 5) is 39.2. The van der Waals surface area contributed by atoms with Crippen LogP contribution in [0.4, 0.5) is 0 Å². The zero-order valence-corrected chi connectivity index (χ0v) is 19.3. The Morgan fingerprint density at radius 2 is 1.67 bits per heavy atom. The molecule has 1 aliphatic heterocycles. The fourth-order valence-corrected chi connectivity index (χ4v) is 3.99. The van der Waals surface area contributed by atoms with Crippen molar-refractivity contribution in [3.8, 4) is 11.5 Å². The van der Waals surface area contributed by atoms with Gasteiger partial charge in [-0.2, -0.15) is 0 Å². The van der Waals surface area contributed by atoms with Crippen molar-refractivity contribution in [1.29, 1.82) is 0 Å². The number of ether oxygens (including phenoxy) is 2. The standard InChI is InChI=1S/C25H31N3O5/c1-17(29)26-21(15-18-9-10-22(32-2)23(16-18)33-3)24(30)27-20-11-13-28(14-12-20)25(31)19-7-5-4-6-8-19/h4-10,16,20-21H,11-15H2,1-3H3,(H,26,29)(H,27,30). The highest BCUT2D eigenvalue weighted by molar-refractivity contribution is 5.94. The summed E-state index contributed by atoms with van der Waals surface area (Å²) in [6.45, 7) is 2.53. The second kappa shape index (κ2) is 11.4. The molecule has 8 heteroatoms. The summed E-state index contributed by atoms with van der Waals surface area (Å²) in [5.74, 6) is 0.641. The van der Waals surface area contributed by atoms with Crippen molar-refractivity contribution < 1.29 is 23.9 Å². The molecule has 8 nitrogen and oxygen atoms in total. The second-order valence-electron chi connectivity index (χ2n) is 8.09. The first-order valence-electron chi connectivity index (χ1n) is 11.0. The van der Waals surface area contributed by atoms with Crippen molar-refractivity contribution >= 4 is 17.7 Å². The van der Waals surface area contributed by atoms with Gasteiger partial charge in [-0.25, -0.2) is 0 Å². The minimum atomic E-state index is -0.718. The smallest absolute Gasteiger partial charge is 0.253 e. The normalized spacial score (nSPS) is 14.8. The van der Waals surface area contributed by atoms with Crippen molar-refractivity contribution in [1.82, 2.24) is 15.5 Å². The van der Waals surface area contributed by atoms with Crippen molar-refractivity contribution in [3.05, 3.63) is 59.7 Å². The molecule has 0 radical (unpaired) electrons. The molecule has 0 aromatic heterocycles. The third kappa shape index (κ3) is 6.47. The van der Waals surface area contributed by atoms with E-state index < -0.39 is 6.04 Å². The summed E-state index contributed by atoms with van der Waals surface area (Å²) < 4.78 is 10.6. The first kappa shape index (κ1) is 24.1. The molecule has 1 aliphatic rings. The lowest BCUT2D eigenvalue weighted by Crippen LogP contribution is -2.53. The maximum Gasteiger partial charge on any atom is 0.253 e. The van der Waals surface area contributed by atoms with Gasteiger partial charge < -0.3 is 25.0 Å². The number of likely N-dealkylation sites (tertiary alicyclic amines) is 1. The minimum absolute atomic E-state index is 0.00459. The third-order valence-electron chi connectivity index (χ3n) is 5.73. The molecule has 3 amide bonds. The zero-order valence-electron chi connectivity index (χ0n) is 19.3. The number of hydrogen-bond acceptors (Lipinski definition) is 5. The lowest BCUT2D eigenvalue weighted by molar-refractivity contribution is -0.128. The Morgan fingerprint density at radius 1 is 1.00 bits per heavy atom. The van der Waals surface area contributed by atoms with E-state index in [4.69, 9.17) is 9.47 Å². The number of carbonyl (C=O) groups is 3. The summed E-state index contributed by atoms with van der Waals surface area (Å²) in [5, 5.41) is 5.79. The Balaban J connectivity index is 1.59. The van der Waals surface area contributed by atoms with Gasteiger partial charge in [0, 0.05) is 38.0 Å². The molecule has 176 valence electrons. The molecular weight excluding hydrogens is 422 g/mol. The van der Waals surface area contributed by atoms with Crippen LogP contribution in [0.15, 0.2) is 48.5 Å². The third-order valence-corrected chi connectivity index (χ3v) is 5.73. The Bertz CT molecular complexity index is 971. The molecule has 0 aliphatic carbocycles. The zero-order chi connectivity index (χ0) is 23.8. The molecule has 2 N–H and O–H groups in total. The summed E-state index contributed by atoms with van der Waals surface area (Å²) in [6, 6.07) is 13.8. The number of amides is 3. The molecule has 1 fully saturated rings. The van der Waals surface area contributed by atoms with Crippen LogP contribution in [-0.4, -0.2) is 62.0 Å². The van der Waals surface area contributed by atoms with Gasteiger partial charge in [-0.15, -0.1) is 0 Å². The molecule has 1 saturated heterocycles. The van der Waals surface area contributed by atoms with Crippen LogP contribution in [0.1, 0.15) is 35.7 Å². The van der Waals surface area contributed by atoms with Crippen molar-refractivity contribution in [2.75, 3.05) is 27.3 Å². The van der Waals surface area contributed by atoms with Gasteiger partial charge in [0.05, 0.1) is 14.2 Å². The number of nitrogens with one attached hydrogen (secondary N) is 2. The molecule has 1 unspecified atom stereocenters. The van der Waals surface area contributed by atoms with Crippen LogP contribution in [0, 0.1) is 0 Å². The van der Waals surface area contributed by atoms with Gasteiger partial charge >= 0.3 is 0 Å². The molecule has 0 saturated carbocycles. The highest BCUT2D eigenvalue weighted by atomic mass is 16.5. The van der Waals surface area contributed by atoms with Gasteiger partial charge in [-0.1, -0.05) is 24.3 Å². The predicted molar refractivity (Wildman–Crippen MR) is 124 cm³/mol. The molecule has 33 heavy (non-hydrogen) atoms. The summed E-state index contributed by atoms with van der Waals surface area (Å²) in [6.07, 6.45) is 1.64. The first-order chi connectivity index (χ1) is 15.9. The molecule has 0 spiro atoms. The minimum Gasteiger partial charge on any atom is -0.493 e. The lowest BCUT2D eigenvalue weighted by atomic mass is 10.0. The molecule has 0 bridgehead atoms. The topological polar surface area (TPSA) is 97.0 Å². The second-order valence-corrected chi connectivity index (χ2v) is 8.09. The Morgan fingerprint density at radius 3 is 2.27 bits per heavy atom. The van der Waals surface area contributed by atoms with Gasteiger partial charge in [-0.3, -0.25) is 14.4 Å². The average molecular weight is 454 g/mol. The largest absolute Gasteiger partial charge is 0.493 e. The van der Waals surface area contributed by atoms with Crippen molar-refractivity contribution in [2.24, 2.45) is 0 Å². The van der Waals surface area contributed by atoms with Crippen LogP contribution in [0.2, 0.25) is 0 Å². The van der Waals surface area contributed by atoms with E-state index in [1.54, 1.807) is 26.4 Å². The van der Waals surface area contributed by atoms with Gasteiger partial charge in [-0.05, 0) is 42.7 Å². The average Bonchev–Trinajstić information content (AvgIpc) is 2.83. The maximum atomic E-state index is 13.0. The number of methoxy groups -OCH3 is 2. The molecule has 2 aromatic rings. The van der Waals surface area contributed by atoms with E-state index in [1.807, 2.05) is 41.3 Å². The van der Waals surface area contributed by atoms with E-state index in [0.717, 1.165) is 5.56 Å². The van der Waals surface area contributed by atoms with Gasteiger partial charge in [0.2, 0.25) is 11.8 Å². The quantitative estimate of drug-likeness (QED) is 0.639. The highest BCUT2D eigenvalue weighted by Crippen LogP contribution is 2.28. The number of carbonyl (C=O) groups excluding carboxylic acids is 3. The van der Waals surface area contributed by atoms with Gasteiger partial charge in [0.15, 0.2) is 11.5 Å². The Labute approximate surface area is 194 Å². The fourth-order valence-electron chi connectivity index (χ4n) is 3.99. The number of piperidine rings is 1. The van der Waals surface area contributed by atoms with E-state index in [-0.39, 0.29) is 23.8 Å². The van der Waals surface area contributed by atoms with Crippen LogP contribution in [-0.2, 0) is 16.0 Å². The predicted octanol–water partition coefficient (Wildman–Crippen LogP) is 2.17. The fraction of sp³-hybridized carbons (Fsp3) is 0.400. The number of benzene rings is 2. The van der Waals surface area contributed by atoms with E-state index in [0.29, 0.717) is 49.4 Å². The van der Waals surface area contributed by atoms with E-state index in [2.05, 4.69) is 10.6 Å². The molecular formula is C25H31N3O5. The number of nitrogens with zero attached hydrogens (tertiary/aromatic N) is 1. The number of hydrogen-bond donors (Lipinski definition) is 2. The molecule has 1 atom stereocenters. The van der Waals surface area contributed by atoms with Crippen LogP contribution >= 0.6 is 0 Å². The summed E-state index contributed by atoms with van der Waals surface area (Å²) in [7, 11) is 3.11. The molecule has 2 aromatic carbocycles. The van der Waals surface area contributed by atoms with E-state index in [1.165, 1.54) is 6.92 Å². The van der Waals surface area contributed by atoms with Gasteiger partial charge in [0.25, 0.3) is 5.91 Å². The maximum absolute atomic E-state index is 13.0. The van der Waals surface area contributed by atoms with Gasteiger partial charge in [0.1, 0.15) is 6.04 Å². The molecule has 1 heterocycles. The summed E-state index contributed by atoms with van der Waals surface area (Å²) in [5.41, 5.74) is 1.51. The SMILES string of the molecule is COc1ccc(CC(NC(C)=O)C(=O)NC2CCN(C(=O)c3ccccc3)CC2)cc1OC. The first-order valence-corrected chi connectivity index (χ1v) is 11.0. The monoisotopic (exact) mass is 453 g/mol. The van der Waals surface area contributed by atoms with Crippen LogP contribution < -0.4 is 20.1 Å². The molecule has 3 rings (SSSR count). The van der Waals surface area contributed by atoms with E-state index >= 15 is 0 Å². The van der Waals surface area contributed by atoms with E-state index in [9.17, 15) is 14.4 Å². The Kier molecular flexibility index (Phi) is 8.29. The van der Waals surface area contributed by atoms with Crippen LogP contribution in [0.5, 0.6) is 11.5 Å². The number of rotatable bonds is 8. The highest BCUT2D eigenvalue weighted by Gasteiger charge is 2.27. The van der Waals surface area contributed by atoms with Crippen LogP contribution in [0.25, 0.3) is 0 Å². The summed E-state index contributed by atoms with van der Waals surface area (Å²) >= 11 is 0. The van der Waals surface area contributed by atoms with Crippen LogP contribution in [0.3, 0.4) is 0 Å². The lowest BCUT2D eigenvalue weighted by Gasteiger charge is -2.33. The van der Waals surface area contributed by atoms with Crippen molar-refractivity contribution in [2.45, 2.75) is 38.3 Å². The van der Waals surface area contributed by atoms with Crippen molar-refractivity contribution in [3.63, 3.8) is 0 Å².